The number of aryl methyl sites for hydroxylation is 1. The van der Waals surface area contributed by atoms with Gasteiger partial charge in [0, 0.05) is 39.3 Å². The Bertz CT molecular complexity index is 931. The Balaban J connectivity index is 1.46. The lowest BCUT2D eigenvalue weighted by molar-refractivity contribution is 0.0147. The van der Waals surface area contributed by atoms with Crippen LogP contribution in [0.1, 0.15) is 42.4 Å². The standard InChI is InChI=1S/C23H32ClN5O3/c1-17-19(20(24)29(26-17)16-18-8-6-5-7-9-18)21(30)25-10-11-27-12-14-28(15-13-27)22(31)32-23(2,3)4/h5-9H,10-16H2,1-4H3,(H,25,30). The van der Waals surface area contributed by atoms with Crippen LogP contribution in [-0.4, -0.2) is 76.5 Å². The van der Waals surface area contributed by atoms with Crippen molar-refractivity contribution in [3.63, 3.8) is 0 Å². The van der Waals surface area contributed by atoms with Gasteiger partial charge in [-0.2, -0.15) is 5.10 Å². The summed E-state index contributed by atoms with van der Waals surface area (Å²) in [5, 5.41) is 7.73. The van der Waals surface area contributed by atoms with Crippen molar-refractivity contribution in [1.29, 1.82) is 0 Å². The van der Waals surface area contributed by atoms with Gasteiger partial charge in [-0.25, -0.2) is 9.48 Å². The molecule has 3 rings (SSSR count). The van der Waals surface area contributed by atoms with Crippen LogP contribution in [0.3, 0.4) is 0 Å². The molecule has 0 atom stereocenters. The predicted octanol–water partition coefficient (Wildman–Crippen LogP) is 3.18. The number of benzene rings is 1. The maximum atomic E-state index is 12.7. The molecule has 0 bridgehead atoms. The molecule has 0 radical (unpaired) electrons. The summed E-state index contributed by atoms with van der Waals surface area (Å²) < 4.78 is 7.08. The highest BCUT2D eigenvalue weighted by Crippen LogP contribution is 2.21. The van der Waals surface area contributed by atoms with Gasteiger partial charge in [0.15, 0.2) is 0 Å². The zero-order valence-electron chi connectivity index (χ0n) is 19.2. The molecule has 1 N–H and O–H groups in total. The zero-order chi connectivity index (χ0) is 23.3. The number of nitrogens with zero attached hydrogens (tertiary/aromatic N) is 4. The van der Waals surface area contributed by atoms with Gasteiger partial charge in [0.25, 0.3) is 5.91 Å². The van der Waals surface area contributed by atoms with Crippen molar-refractivity contribution in [2.75, 3.05) is 39.3 Å². The van der Waals surface area contributed by atoms with E-state index in [9.17, 15) is 9.59 Å². The summed E-state index contributed by atoms with van der Waals surface area (Å²) in [6.07, 6.45) is -0.275. The van der Waals surface area contributed by atoms with Crippen molar-refractivity contribution >= 4 is 23.6 Å². The molecule has 2 heterocycles. The lowest BCUT2D eigenvalue weighted by atomic mass is 10.2. The van der Waals surface area contributed by atoms with Crippen molar-refractivity contribution < 1.29 is 14.3 Å². The molecule has 1 aliphatic rings. The summed E-state index contributed by atoms with van der Waals surface area (Å²) >= 11 is 6.47. The first-order chi connectivity index (χ1) is 15.1. The summed E-state index contributed by atoms with van der Waals surface area (Å²) in [7, 11) is 0. The van der Waals surface area contributed by atoms with E-state index in [0.29, 0.717) is 49.1 Å². The second-order valence-corrected chi connectivity index (χ2v) is 9.32. The van der Waals surface area contributed by atoms with E-state index in [1.54, 1.807) is 16.5 Å². The number of halogens is 1. The first kappa shape index (κ1) is 24.1. The minimum Gasteiger partial charge on any atom is -0.444 e. The Hall–Kier alpha value is -2.58. The molecule has 1 fully saturated rings. The smallest absolute Gasteiger partial charge is 0.410 e. The minimum absolute atomic E-state index is 0.223. The summed E-state index contributed by atoms with van der Waals surface area (Å²) in [5.41, 5.74) is 1.59. The number of aromatic nitrogens is 2. The Kier molecular flexibility index (Phi) is 7.79. The lowest BCUT2D eigenvalue weighted by Crippen LogP contribution is -2.51. The number of carbonyl (C=O) groups excluding carboxylic acids is 2. The average molecular weight is 462 g/mol. The van der Waals surface area contributed by atoms with E-state index in [1.807, 2.05) is 51.1 Å². The molecular formula is C23H32ClN5O3. The molecule has 2 aromatic rings. The highest BCUT2D eigenvalue weighted by atomic mass is 35.5. The van der Waals surface area contributed by atoms with Crippen LogP contribution in [0.2, 0.25) is 5.15 Å². The van der Waals surface area contributed by atoms with Gasteiger partial charge >= 0.3 is 6.09 Å². The van der Waals surface area contributed by atoms with Gasteiger partial charge in [-0.3, -0.25) is 9.69 Å². The fraction of sp³-hybridized carbons (Fsp3) is 0.522. The van der Waals surface area contributed by atoms with Crippen molar-refractivity contribution in [3.8, 4) is 0 Å². The fourth-order valence-corrected chi connectivity index (χ4v) is 3.89. The summed E-state index contributed by atoms with van der Waals surface area (Å²) in [4.78, 5) is 28.8. The molecule has 0 aliphatic carbocycles. The number of ether oxygens (including phenoxy) is 1. The molecule has 1 aromatic heterocycles. The van der Waals surface area contributed by atoms with E-state index in [2.05, 4.69) is 15.3 Å². The largest absolute Gasteiger partial charge is 0.444 e. The topological polar surface area (TPSA) is 79.7 Å². The Morgan fingerprint density at radius 3 is 2.41 bits per heavy atom. The molecule has 0 unspecified atom stereocenters. The monoisotopic (exact) mass is 461 g/mol. The maximum absolute atomic E-state index is 12.7. The predicted molar refractivity (Wildman–Crippen MR) is 124 cm³/mol. The molecule has 9 heteroatoms. The van der Waals surface area contributed by atoms with Crippen LogP contribution in [-0.2, 0) is 11.3 Å². The number of carbonyl (C=O) groups is 2. The molecule has 8 nitrogen and oxygen atoms in total. The van der Waals surface area contributed by atoms with Crippen LogP contribution in [0.15, 0.2) is 30.3 Å². The molecule has 0 saturated carbocycles. The Morgan fingerprint density at radius 2 is 1.78 bits per heavy atom. The van der Waals surface area contributed by atoms with Gasteiger partial charge in [-0.1, -0.05) is 41.9 Å². The first-order valence-corrected chi connectivity index (χ1v) is 11.3. The fourth-order valence-electron chi connectivity index (χ4n) is 3.57. The quantitative estimate of drug-likeness (QED) is 0.714. The number of hydrogen-bond donors (Lipinski definition) is 1. The molecule has 0 spiro atoms. The van der Waals surface area contributed by atoms with E-state index in [-0.39, 0.29) is 12.0 Å². The molecule has 1 aromatic carbocycles. The van der Waals surface area contributed by atoms with E-state index in [4.69, 9.17) is 16.3 Å². The van der Waals surface area contributed by atoms with Crippen LogP contribution in [0.25, 0.3) is 0 Å². The molecule has 32 heavy (non-hydrogen) atoms. The third kappa shape index (κ3) is 6.46. The second kappa shape index (κ2) is 10.4. The van der Waals surface area contributed by atoms with Crippen LogP contribution < -0.4 is 5.32 Å². The maximum Gasteiger partial charge on any atom is 0.410 e. The molecular weight excluding hydrogens is 430 g/mol. The Morgan fingerprint density at radius 1 is 1.12 bits per heavy atom. The van der Waals surface area contributed by atoms with Crippen molar-refractivity contribution in [2.24, 2.45) is 0 Å². The number of nitrogens with one attached hydrogen (secondary N) is 1. The van der Waals surface area contributed by atoms with E-state index < -0.39 is 5.60 Å². The van der Waals surface area contributed by atoms with Gasteiger partial charge in [0.05, 0.1) is 17.8 Å². The Labute approximate surface area is 194 Å². The molecule has 2 amide bonds. The number of piperazine rings is 1. The highest BCUT2D eigenvalue weighted by Gasteiger charge is 2.26. The van der Waals surface area contributed by atoms with Crippen LogP contribution >= 0.6 is 11.6 Å². The average Bonchev–Trinajstić information content (AvgIpc) is 3.01. The second-order valence-electron chi connectivity index (χ2n) is 8.96. The van der Waals surface area contributed by atoms with Crippen molar-refractivity contribution in [1.82, 2.24) is 24.9 Å². The van der Waals surface area contributed by atoms with E-state index in [0.717, 1.165) is 18.7 Å². The highest BCUT2D eigenvalue weighted by molar-refractivity contribution is 6.33. The normalized spacial score (nSPS) is 15.0. The molecule has 1 saturated heterocycles. The van der Waals surface area contributed by atoms with Gasteiger partial charge < -0.3 is 15.0 Å². The summed E-state index contributed by atoms with van der Waals surface area (Å²) in [6.45, 7) is 11.8. The lowest BCUT2D eigenvalue weighted by Gasteiger charge is -2.35. The van der Waals surface area contributed by atoms with Crippen molar-refractivity contribution in [2.45, 2.75) is 39.8 Å². The first-order valence-electron chi connectivity index (χ1n) is 10.9. The summed E-state index contributed by atoms with van der Waals surface area (Å²) in [6, 6.07) is 9.86. The van der Waals surface area contributed by atoms with Crippen LogP contribution in [0.4, 0.5) is 4.79 Å². The zero-order valence-corrected chi connectivity index (χ0v) is 20.0. The van der Waals surface area contributed by atoms with Gasteiger partial charge in [0.1, 0.15) is 10.8 Å². The van der Waals surface area contributed by atoms with Crippen molar-refractivity contribution in [3.05, 3.63) is 52.3 Å². The molecule has 174 valence electrons. The number of rotatable bonds is 6. The van der Waals surface area contributed by atoms with Gasteiger partial charge in [0.2, 0.25) is 0 Å². The summed E-state index contributed by atoms with van der Waals surface area (Å²) in [5.74, 6) is -0.223. The number of amides is 2. The van der Waals surface area contributed by atoms with Crippen LogP contribution in [0.5, 0.6) is 0 Å². The number of hydrogen-bond acceptors (Lipinski definition) is 5. The molecule has 1 aliphatic heterocycles. The van der Waals surface area contributed by atoms with Crippen LogP contribution in [0, 0.1) is 6.92 Å². The van der Waals surface area contributed by atoms with Gasteiger partial charge in [-0.15, -0.1) is 0 Å². The third-order valence-electron chi connectivity index (χ3n) is 5.21. The van der Waals surface area contributed by atoms with Gasteiger partial charge in [-0.05, 0) is 33.3 Å². The minimum atomic E-state index is -0.493. The van der Waals surface area contributed by atoms with E-state index in [1.165, 1.54) is 0 Å². The SMILES string of the molecule is Cc1nn(Cc2ccccc2)c(Cl)c1C(=O)NCCN1CCN(C(=O)OC(C)(C)C)CC1. The third-order valence-corrected chi connectivity index (χ3v) is 5.59. The van der Waals surface area contributed by atoms with E-state index >= 15 is 0 Å².